The summed E-state index contributed by atoms with van der Waals surface area (Å²) in [6.07, 6.45) is 2.39. The minimum atomic E-state index is -0.350. The first-order chi connectivity index (χ1) is 13.1. The summed E-state index contributed by atoms with van der Waals surface area (Å²) in [4.78, 5) is 35.6. The number of carbonyl (C=O) groups excluding carboxylic acids is 2. The van der Waals surface area contributed by atoms with Gasteiger partial charge in [-0.25, -0.2) is 9.97 Å². The molecule has 0 saturated carbocycles. The van der Waals surface area contributed by atoms with Gasteiger partial charge in [-0.05, 0) is 18.2 Å². The number of amides is 2. The number of benzene rings is 1. The number of rotatable bonds is 6. The first-order valence-electron chi connectivity index (χ1n) is 8.45. The molecule has 1 aliphatic rings. The predicted octanol–water partition coefficient (Wildman–Crippen LogP) is 1.02. The molecule has 0 unspecified atom stereocenters. The van der Waals surface area contributed by atoms with Gasteiger partial charge in [-0.1, -0.05) is 0 Å². The van der Waals surface area contributed by atoms with E-state index >= 15 is 0 Å². The van der Waals surface area contributed by atoms with E-state index in [4.69, 9.17) is 9.47 Å². The molecule has 1 N–H and O–H groups in total. The number of nitrogens with zero attached hydrogens (tertiary/aromatic N) is 4. The van der Waals surface area contributed by atoms with Gasteiger partial charge in [0.15, 0.2) is 11.5 Å². The summed E-state index contributed by atoms with van der Waals surface area (Å²) in [7, 11) is 3.08. The van der Waals surface area contributed by atoms with Gasteiger partial charge in [-0.3, -0.25) is 9.59 Å². The second kappa shape index (κ2) is 8.35. The van der Waals surface area contributed by atoms with Gasteiger partial charge in [0.1, 0.15) is 5.69 Å². The number of hydrogen-bond donors (Lipinski definition) is 1. The normalized spacial score (nSPS) is 13.9. The van der Waals surface area contributed by atoms with Crippen molar-refractivity contribution in [3.63, 3.8) is 0 Å². The highest BCUT2D eigenvalue weighted by Crippen LogP contribution is 2.29. The topological polar surface area (TPSA) is 96.9 Å². The molecule has 2 amide bonds. The van der Waals surface area contributed by atoms with Crippen LogP contribution in [0.5, 0.6) is 11.5 Å². The van der Waals surface area contributed by atoms with Gasteiger partial charge in [-0.2, -0.15) is 0 Å². The van der Waals surface area contributed by atoms with Crippen molar-refractivity contribution in [1.29, 1.82) is 0 Å². The van der Waals surface area contributed by atoms with Crippen molar-refractivity contribution in [2.75, 3.05) is 50.6 Å². The fraction of sp³-hybridized carbons (Fsp3) is 0.333. The molecule has 9 heteroatoms. The minimum absolute atomic E-state index is 0.257. The summed E-state index contributed by atoms with van der Waals surface area (Å²) >= 11 is 0. The Morgan fingerprint density at radius 3 is 2.52 bits per heavy atom. The molecule has 1 fully saturated rings. The lowest BCUT2D eigenvalue weighted by Crippen LogP contribution is -2.46. The molecule has 2 heterocycles. The van der Waals surface area contributed by atoms with Crippen LogP contribution in [-0.4, -0.2) is 67.6 Å². The fourth-order valence-corrected chi connectivity index (χ4v) is 2.76. The number of piperazine rings is 1. The average molecular weight is 371 g/mol. The first-order valence-corrected chi connectivity index (χ1v) is 8.45. The SMILES string of the molecule is COc1ccc(NC(=O)c2ccnc(N3CCN(C=O)CC3)n2)cc1OC. The van der Waals surface area contributed by atoms with Gasteiger partial charge in [0.25, 0.3) is 5.91 Å². The number of methoxy groups -OCH3 is 2. The number of aromatic nitrogens is 2. The van der Waals surface area contributed by atoms with E-state index < -0.39 is 0 Å². The van der Waals surface area contributed by atoms with Gasteiger partial charge in [0.2, 0.25) is 12.4 Å². The molecule has 0 aliphatic carbocycles. The Morgan fingerprint density at radius 1 is 1.11 bits per heavy atom. The Kier molecular flexibility index (Phi) is 5.70. The van der Waals surface area contributed by atoms with Gasteiger partial charge in [0.05, 0.1) is 14.2 Å². The van der Waals surface area contributed by atoms with Crippen molar-refractivity contribution in [3.8, 4) is 11.5 Å². The maximum Gasteiger partial charge on any atom is 0.274 e. The van der Waals surface area contributed by atoms with Crippen LogP contribution >= 0.6 is 0 Å². The van der Waals surface area contributed by atoms with Gasteiger partial charge in [-0.15, -0.1) is 0 Å². The van der Waals surface area contributed by atoms with Crippen LogP contribution < -0.4 is 19.7 Å². The average Bonchev–Trinajstić information content (AvgIpc) is 2.73. The summed E-state index contributed by atoms with van der Waals surface area (Å²) in [5, 5.41) is 2.79. The highest BCUT2D eigenvalue weighted by atomic mass is 16.5. The molecule has 27 heavy (non-hydrogen) atoms. The molecule has 0 atom stereocenters. The quantitative estimate of drug-likeness (QED) is 0.757. The Balaban J connectivity index is 1.71. The van der Waals surface area contributed by atoms with Crippen molar-refractivity contribution in [2.24, 2.45) is 0 Å². The molecule has 142 valence electrons. The van der Waals surface area contributed by atoms with Crippen LogP contribution in [0, 0.1) is 0 Å². The Hall–Kier alpha value is -3.36. The van der Waals surface area contributed by atoms with Gasteiger partial charge >= 0.3 is 0 Å². The monoisotopic (exact) mass is 371 g/mol. The van der Waals surface area contributed by atoms with Crippen molar-refractivity contribution in [3.05, 3.63) is 36.2 Å². The van der Waals surface area contributed by atoms with Crippen LogP contribution in [0.1, 0.15) is 10.5 Å². The first kappa shape index (κ1) is 18.4. The Labute approximate surface area is 156 Å². The smallest absolute Gasteiger partial charge is 0.274 e. The predicted molar refractivity (Wildman–Crippen MR) is 99.4 cm³/mol. The Bertz CT molecular complexity index is 821. The zero-order valence-electron chi connectivity index (χ0n) is 15.2. The molecule has 9 nitrogen and oxygen atoms in total. The largest absolute Gasteiger partial charge is 0.493 e. The van der Waals surface area contributed by atoms with Crippen LogP contribution in [0.3, 0.4) is 0 Å². The van der Waals surface area contributed by atoms with E-state index in [1.54, 1.807) is 42.5 Å². The highest BCUT2D eigenvalue weighted by Gasteiger charge is 2.19. The maximum absolute atomic E-state index is 12.6. The van der Waals surface area contributed by atoms with Crippen LogP contribution in [0.15, 0.2) is 30.5 Å². The van der Waals surface area contributed by atoms with E-state index in [0.29, 0.717) is 49.3 Å². The minimum Gasteiger partial charge on any atom is -0.493 e. The van der Waals surface area contributed by atoms with Crippen molar-refractivity contribution >= 4 is 24.0 Å². The zero-order valence-corrected chi connectivity index (χ0v) is 15.2. The van der Waals surface area contributed by atoms with Crippen molar-refractivity contribution in [2.45, 2.75) is 0 Å². The van der Waals surface area contributed by atoms with E-state index in [1.807, 2.05) is 4.90 Å². The van der Waals surface area contributed by atoms with Crippen LogP contribution in [0.25, 0.3) is 0 Å². The lowest BCUT2D eigenvalue weighted by Gasteiger charge is -2.32. The number of hydrogen-bond acceptors (Lipinski definition) is 7. The van der Waals surface area contributed by atoms with Crippen LogP contribution in [0.2, 0.25) is 0 Å². The van der Waals surface area contributed by atoms with E-state index in [-0.39, 0.29) is 11.6 Å². The lowest BCUT2D eigenvalue weighted by atomic mass is 10.2. The molecule has 0 bridgehead atoms. The molecular weight excluding hydrogens is 350 g/mol. The third-order valence-corrected chi connectivity index (χ3v) is 4.26. The molecule has 1 aliphatic heterocycles. The standard InChI is InChI=1S/C18H21N5O4/c1-26-15-4-3-13(11-16(15)27-2)20-17(25)14-5-6-19-18(21-14)23-9-7-22(12-24)8-10-23/h3-6,11-12H,7-10H2,1-2H3,(H,20,25). The molecular formula is C18H21N5O4. The molecule has 0 radical (unpaired) electrons. The zero-order chi connectivity index (χ0) is 19.2. The number of carbonyl (C=O) groups is 2. The second-order valence-corrected chi connectivity index (χ2v) is 5.89. The van der Waals surface area contributed by atoms with E-state index in [1.165, 1.54) is 7.11 Å². The third kappa shape index (κ3) is 4.25. The van der Waals surface area contributed by atoms with Crippen LogP contribution in [0.4, 0.5) is 11.6 Å². The number of ether oxygens (including phenoxy) is 2. The maximum atomic E-state index is 12.6. The third-order valence-electron chi connectivity index (χ3n) is 4.26. The molecule has 1 saturated heterocycles. The number of anilines is 2. The van der Waals surface area contributed by atoms with E-state index in [2.05, 4.69) is 15.3 Å². The van der Waals surface area contributed by atoms with E-state index in [0.717, 1.165) is 6.41 Å². The fourth-order valence-electron chi connectivity index (χ4n) is 2.76. The molecule has 0 spiro atoms. The van der Waals surface area contributed by atoms with Gasteiger partial charge < -0.3 is 24.6 Å². The lowest BCUT2D eigenvalue weighted by molar-refractivity contribution is -0.118. The molecule has 3 rings (SSSR count). The molecule has 1 aromatic heterocycles. The van der Waals surface area contributed by atoms with Crippen LogP contribution in [-0.2, 0) is 4.79 Å². The highest BCUT2D eigenvalue weighted by molar-refractivity contribution is 6.03. The summed E-state index contributed by atoms with van der Waals surface area (Å²) in [5.74, 6) is 1.22. The number of nitrogens with one attached hydrogen (secondary N) is 1. The second-order valence-electron chi connectivity index (χ2n) is 5.89. The summed E-state index contributed by atoms with van der Waals surface area (Å²) in [6, 6.07) is 6.67. The van der Waals surface area contributed by atoms with E-state index in [9.17, 15) is 9.59 Å². The Morgan fingerprint density at radius 2 is 1.85 bits per heavy atom. The van der Waals surface area contributed by atoms with Gasteiger partial charge in [0, 0.05) is 44.1 Å². The van der Waals surface area contributed by atoms with Crippen molar-refractivity contribution in [1.82, 2.24) is 14.9 Å². The molecule has 2 aromatic rings. The summed E-state index contributed by atoms with van der Waals surface area (Å²) < 4.78 is 10.4. The summed E-state index contributed by atoms with van der Waals surface area (Å²) in [6.45, 7) is 2.46. The summed E-state index contributed by atoms with van der Waals surface area (Å²) in [5.41, 5.74) is 0.824. The molecule has 1 aromatic carbocycles. The van der Waals surface area contributed by atoms with Crippen molar-refractivity contribution < 1.29 is 19.1 Å².